The molecule has 2 heterocycles. The van der Waals surface area contributed by atoms with Crippen molar-refractivity contribution in [3.05, 3.63) is 81.8 Å². The Hall–Kier alpha value is -3.39. The first-order chi connectivity index (χ1) is 17.0. The van der Waals surface area contributed by atoms with Crippen molar-refractivity contribution in [2.24, 2.45) is 0 Å². The number of benzene rings is 2. The van der Waals surface area contributed by atoms with Crippen molar-refractivity contribution < 1.29 is 23.5 Å². The minimum atomic E-state index is -0.588. The molecule has 0 fully saturated rings. The van der Waals surface area contributed by atoms with Gasteiger partial charge in [-0.15, -0.1) is 11.3 Å². The Morgan fingerprint density at radius 2 is 1.86 bits per heavy atom. The van der Waals surface area contributed by atoms with Gasteiger partial charge in [0.15, 0.2) is 11.5 Å². The lowest BCUT2D eigenvalue weighted by Crippen LogP contribution is -2.48. The number of fused-ring (bicyclic) bond motifs is 1. The molecule has 3 aromatic rings. The Labute approximate surface area is 208 Å². The molecule has 1 atom stereocenters. The average Bonchev–Trinajstić information content (AvgIpc) is 3.36. The van der Waals surface area contributed by atoms with Crippen LogP contribution in [0.5, 0.6) is 11.5 Å². The molecule has 2 aromatic carbocycles. The van der Waals surface area contributed by atoms with Crippen LogP contribution in [0.15, 0.2) is 60.0 Å². The predicted molar refractivity (Wildman–Crippen MR) is 134 cm³/mol. The van der Waals surface area contributed by atoms with E-state index in [0.29, 0.717) is 31.0 Å². The number of thiophene rings is 1. The smallest absolute Gasteiger partial charge is 0.257 e. The number of hydrogen-bond acceptors (Lipinski definition) is 5. The van der Waals surface area contributed by atoms with Gasteiger partial charge in [-0.25, -0.2) is 4.39 Å². The molecule has 1 aliphatic rings. The van der Waals surface area contributed by atoms with Gasteiger partial charge in [-0.05, 0) is 54.1 Å². The Bertz CT molecular complexity index is 1180. The van der Waals surface area contributed by atoms with Gasteiger partial charge in [0.25, 0.3) is 5.91 Å². The van der Waals surface area contributed by atoms with E-state index >= 15 is 0 Å². The van der Waals surface area contributed by atoms with E-state index < -0.39 is 11.7 Å². The standard InChI is InChI=1S/C27H29FN2O4S/c1-3-14-29(27(32)19-8-4-5-9-21(19)28)17-26(31)30-15-12-25-20(13-16-35-25)22(30)18-34-24-11-7-6-10-23(24)33-2/h4-11,13,16,22H,3,12,14-15,17-18H2,1-2H3/t22-/m1/s1. The zero-order valence-corrected chi connectivity index (χ0v) is 20.7. The maximum absolute atomic E-state index is 14.3. The molecule has 1 aromatic heterocycles. The minimum Gasteiger partial charge on any atom is -0.493 e. The molecule has 4 rings (SSSR count). The largest absolute Gasteiger partial charge is 0.493 e. The molecule has 8 heteroatoms. The molecule has 0 spiro atoms. The maximum Gasteiger partial charge on any atom is 0.257 e. The fourth-order valence-corrected chi connectivity index (χ4v) is 5.29. The first kappa shape index (κ1) is 24.7. The van der Waals surface area contributed by atoms with Gasteiger partial charge in [-0.1, -0.05) is 31.2 Å². The summed E-state index contributed by atoms with van der Waals surface area (Å²) >= 11 is 1.67. The molecule has 1 aliphatic heterocycles. The van der Waals surface area contributed by atoms with E-state index in [1.165, 1.54) is 21.9 Å². The first-order valence-electron chi connectivity index (χ1n) is 11.7. The van der Waals surface area contributed by atoms with Crippen LogP contribution in [-0.4, -0.2) is 55.0 Å². The van der Waals surface area contributed by atoms with Crippen molar-refractivity contribution in [1.82, 2.24) is 9.80 Å². The third-order valence-corrected chi connectivity index (χ3v) is 7.09. The molecule has 2 amide bonds. The van der Waals surface area contributed by atoms with E-state index in [9.17, 15) is 14.0 Å². The highest BCUT2D eigenvalue weighted by atomic mass is 32.1. The van der Waals surface area contributed by atoms with Crippen LogP contribution in [0, 0.1) is 5.82 Å². The van der Waals surface area contributed by atoms with Gasteiger partial charge in [0.2, 0.25) is 5.91 Å². The monoisotopic (exact) mass is 496 g/mol. The second-order valence-corrected chi connectivity index (χ2v) is 9.32. The maximum atomic E-state index is 14.3. The van der Waals surface area contributed by atoms with Crippen molar-refractivity contribution >= 4 is 23.2 Å². The molecule has 184 valence electrons. The summed E-state index contributed by atoms with van der Waals surface area (Å²) in [5.74, 6) is -0.0274. The Morgan fingerprint density at radius 3 is 2.60 bits per heavy atom. The number of para-hydroxylation sites is 2. The second-order valence-electron chi connectivity index (χ2n) is 8.32. The van der Waals surface area contributed by atoms with Crippen LogP contribution in [0.3, 0.4) is 0 Å². The lowest BCUT2D eigenvalue weighted by atomic mass is 10.00. The van der Waals surface area contributed by atoms with Gasteiger partial charge >= 0.3 is 0 Å². The van der Waals surface area contributed by atoms with Gasteiger partial charge in [0.05, 0.1) is 18.7 Å². The van der Waals surface area contributed by atoms with E-state index in [1.807, 2.05) is 42.6 Å². The van der Waals surface area contributed by atoms with Crippen molar-refractivity contribution in [2.75, 3.05) is 33.4 Å². The first-order valence-corrected chi connectivity index (χ1v) is 12.6. The molecule has 0 N–H and O–H groups in total. The highest BCUT2D eigenvalue weighted by Crippen LogP contribution is 2.35. The van der Waals surface area contributed by atoms with Gasteiger partial charge in [-0.3, -0.25) is 9.59 Å². The number of halogens is 1. The Kier molecular flexibility index (Phi) is 8.02. The van der Waals surface area contributed by atoms with E-state index in [1.54, 1.807) is 35.5 Å². The van der Waals surface area contributed by atoms with Gasteiger partial charge < -0.3 is 19.3 Å². The zero-order valence-electron chi connectivity index (χ0n) is 19.9. The highest BCUT2D eigenvalue weighted by Gasteiger charge is 2.34. The van der Waals surface area contributed by atoms with Gasteiger partial charge in [0.1, 0.15) is 19.0 Å². The van der Waals surface area contributed by atoms with Crippen LogP contribution in [0.1, 0.15) is 40.2 Å². The van der Waals surface area contributed by atoms with Crippen LogP contribution >= 0.6 is 11.3 Å². The van der Waals surface area contributed by atoms with Crippen molar-refractivity contribution in [1.29, 1.82) is 0 Å². The molecule has 0 unspecified atom stereocenters. The van der Waals surface area contributed by atoms with Crippen LogP contribution in [-0.2, 0) is 11.2 Å². The van der Waals surface area contributed by atoms with E-state index in [-0.39, 0.29) is 30.7 Å². The lowest BCUT2D eigenvalue weighted by Gasteiger charge is -2.37. The molecule has 0 radical (unpaired) electrons. The summed E-state index contributed by atoms with van der Waals surface area (Å²) in [7, 11) is 1.59. The summed E-state index contributed by atoms with van der Waals surface area (Å²) in [6.07, 6.45) is 1.40. The van der Waals surface area contributed by atoms with E-state index in [2.05, 4.69) is 0 Å². The molecule has 6 nitrogen and oxygen atoms in total. The molecular weight excluding hydrogens is 467 g/mol. The Balaban J connectivity index is 1.54. The Morgan fingerprint density at radius 1 is 1.11 bits per heavy atom. The SMILES string of the molecule is CCCN(CC(=O)N1CCc2sccc2[C@H]1COc1ccccc1OC)C(=O)c1ccccc1F. The zero-order chi connectivity index (χ0) is 24.8. The van der Waals surface area contributed by atoms with Gasteiger partial charge in [-0.2, -0.15) is 0 Å². The predicted octanol–water partition coefficient (Wildman–Crippen LogP) is 4.95. The van der Waals surface area contributed by atoms with Crippen molar-refractivity contribution in [3.63, 3.8) is 0 Å². The summed E-state index contributed by atoms with van der Waals surface area (Å²) in [5.41, 5.74) is 1.04. The van der Waals surface area contributed by atoms with Crippen LogP contribution < -0.4 is 9.47 Å². The number of ether oxygens (including phenoxy) is 2. The molecule has 0 bridgehead atoms. The molecule has 35 heavy (non-hydrogen) atoms. The average molecular weight is 497 g/mol. The summed E-state index contributed by atoms with van der Waals surface area (Å²) in [6, 6.07) is 15.0. The summed E-state index contributed by atoms with van der Waals surface area (Å²) in [6.45, 7) is 2.95. The van der Waals surface area contributed by atoms with Crippen molar-refractivity contribution in [3.8, 4) is 11.5 Å². The molecular formula is C27H29FN2O4S. The van der Waals surface area contributed by atoms with Crippen LogP contribution in [0.2, 0.25) is 0 Å². The van der Waals surface area contributed by atoms with E-state index in [4.69, 9.17) is 9.47 Å². The quantitative estimate of drug-likeness (QED) is 0.421. The molecule has 0 saturated carbocycles. The number of carbonyl (C=O) groups excluding carboxylic acids is 2. The normalized spacial score (nSPS) is 14.8. The topological polar surface area (TPSA) is 59.1 Å². The number of rotatable bonds is 9. The number of carbonyl (C=O) groups is 2. The van der Waals surface area contributed by atoms with Gasteiger partial charge in [0, 0.05) is 18.0 Å². The summed E-state index contributed by atoms with van der Waals surface area (Å²) in [4.78, 5) is 31.1. The second kappa shape index (κ2) is 11.4. The molecule has 0 aliphatic carbocycles. The number of nitrogens with zero attached hydrogens (tertiary/aromatic N) is 2. The van der Waals surface area contributed by atoms with Crippen molar-refractivity contribution in [2.45, 2.75) is 25.8 Å². The summed E-state index contributed by atoms with van der Waals surface area (Å²) < 4.78 is 25.8. The summed E-state index contributed by atoms with van der Waals surface area (Å²) in [5, 5.41) is 2.03. The highest BCUT2D eigenvalue weighted by molar-refractivity contribution is 7.10. The van der Waals surface area contributed by atoms with Crippen LogP contribution in [0.4, 0.5) is 4.39 Å². The van der Waals surface area contributed by atoms with E-state index in [0.717, 1.165) is 12.0 Å². The molecule has 0 saturated heterocycles. The van der Waals surface area contributed by atoms with Crippen LogP contribution in [0.25, 0.3) is 0 Å². The lowest BCUT2D eigenvalue weighted by molar-refractivity contribution is -0.135. The fourth-order valence-electron chi connectivity index (χ4n) is 4.36. The third-order valence-electron chi connectivity index (χ3n) is 6.09. The number of hydrogen-bond donors (Lipinski definition) is 0. The number of methoxy groups -OCH3 is 1. The minimum absolute atomic E-state index is 0.0245. The fraction of sp³-hybridized carbons (Fsp3) is 0.333. The number of amides is 2. The third kappa shape index (κ3) is 5.48.